The topological polar surface area (TPSA) is 80.3 Å². The highest BCUT2D eigenvalue weighted by Crippen LogP contribution is 2.43. The number of aryl methyl sites for hydroxylation is 1. The van der Waals surface area contributed by atoms with Crippen LogP contribution in [-0.2, 0) is 32.7 Å². The summed E-state index contributed by atoms with van der Waals surface area (Å²) in [5, 5.41) is 0.337. The standard InChI is InChI=1S/C25H31Cl2NO4S2/c26-21-10-11-24(23(27)16-21)34(31,32)28-18-25(13-3-14-25)17-20-8-6-19(7-9-20)12-15-33(29,30)22-4-1-2-5-22/h6-11,16,22,28H,1-5,12-15,17-18H2. The maximum atomic E-state index is 12.8. The van der Waals surface area contributed by atoms with Crippen LogP contribution in [0.2, 0.25) is 10.0 Å². The molecule has 1 N–H and O–H groups in total. The molecule has 2 fully saturated rings. The van der Waals surface area contributed by atoms with Crippen molar-refractivity contribution in [1.82, 2.24) is 4.72 Å². The van der Waals surface area contributed by atoms with Crippen molar-refractivity contribution in [2.24, 2.45) is 5.41 Å². The Balaban J connectivity index is 1.35. The van der Waals surface area contributed by atoms with Gasteiger partial charge in [0.25, 0.3) is 0 Å². The molecule has 0 aromatic heterocycles. The van der Waals surface area contributed by atoms with Crippen LogP contribution in [0.3, 0.4) is 0 Å². The first kappa shape index (κ1) is 26.0. The van der Waals surface area contributed by atoms with Crippen molar-refractivity contribution < 1.29 is 16.8 Å². The zero-order valence-corrected chi connectivity index (χ0v) is 22.2. The molecular weight excluding hydrogens is 513 g/mol. The molecule has 2 aromatic carbocycles. The molecule has 0 spiro atoms. The fraction of sp³-hybridized carbons (Fsp3) is 0.520. The highest BCUT2D eigenvalue weighted by molar-refractivity contribution is 7.92. The van der Waals surface area contributed by atoms with E-state index in [9.17, 15) is 16.8 Å². The molecular formula is C25H31Cl2NO4S2. The van der Waals surface area contributed by atoms with Gasteiger partial charge in [0, 0.05) is 11.6 Å². The van der Waals surface area contributed by atoms with Crippen molar-refractivity contribution in [1.29, 1.82) is 0 Å². The Hall–Kier alpha value is -1.12. The molecule has 5 nitrogen and oxygen atoms in total. The molecule has 2 saturated carbocycles. The first-order chi connectivity index (χ1) is 16.1. The smallest absolute Gasteiger partial charge is 0.229 e. The van der Waals surface area contributed by atoms with E-state index in [4.69, 9.17) is 23.2 Å². The predicted octanol–water partition coefficient (Wildman–Crippen LogP) is 5.58. The summed E-state index contributed by atoms with van der Waals surface area (Å²) in [6, 6.07) is 12.5. The number of nitrogens with one attached hydrogen (secondary N) is 1. The third kappa shape index (κ3) is 6.16. The van der Waals surface area contributed by atoms with Crippen LogP contribution in [0.15, 0.2) is 47.4 Å². The molecule has 0 amide bonds. The summed E-state index contributed by atoms with van der Waals surface area (Å²) < 4.78 is 53.4. The lowest BCUT2D eigenvalue weighted by atomic mass is 9.65. The second kappa shape index (κ2) is 10.5. The third-order valence-electron chi connectivity index (χ3n) is 7.32. The zero-order chi connectivity index (χ0) is 24.4. The van der Waals surface area contributed by atoms with Gasteiger partial charge in [-0.15, -0.1) is 0 Å². The molecule has 0 saturated heterocycles. The largest absolute Gasteiger partial charge is 0.242 e. The Kier molecular flexibility index (Phi) is 7.99. The van der Waals surface area contributed by atoms with Crippen LogP contribution < -0.4 is 4.72 Å². The monoisotopic (exact) mass is 543 g/mol. The normalized spacial score (nSPS) is 18.6. The molecule has 2 aromatic rings. The van der Waals surface area contributed by atoms with E-state index in [-0.39, 0.29) is 26.3 Å². The maximum Gasteiger partial charge on any atom is 0.242 e. The molecule has 9 heteroatoms. The van der Waals surface area contributed by atoms with Crippen LogP contribution in [0.5, 0.6) is 0 Å². The van der Waals surface area contributed by atoms with Gasteiger partial charge < -0.3 is 0 Å². The van der Waals surface area contributed by atoms with E-state index in [1.165, 1.54) is 18.2 Å². The molecule has 2 aliphatic rings. The predicted molar refractivity (Wildman–Crippen MR) is 138 cm³/mol. The number of sulfonamides is 1. The molecule has 2 aliphatic carbocycles. The first-order valence-electron chi connectivity index (χ1n) is 11.8. The van der Waals surface area contributed by atoms with Gasteiger partial charge in [-0.25, -0.2) is 21.6 Å². The molecule has 0 radical (unpaired) electrons. The highest BCUT2D eigenvalue weighted by Gasteiger charge is 2.38. The van der Waals surface area contributed by atoms with E-state index >= 15 is 0 Å². The highest BCUT2D eigenvalue weighted by atomic mass is 35.5. The number of halogens is 2. The second-order valence-corrected chi connectivity index (χ2v) is 14.7. The molecule has 4 rings (SSSR count). The van der Waals surface area contributed by atoms with Gasteiger partial charge in [0.1, 0.15) is 4.90 Å². The summed E-state index contributed by atoms with van der Waals surface area (Å²) in [4.78, 5) is 0.0324. The Labute approximate surface area is 213 Å². The van der Waals surface area contributed by atoms with Gasteiger partial charge in [-0.3, -0.25) is 0 Å². The van der Waals surface area contributed by atoms with Gasteiger partial charge in [0.05, 0.1) is 16.0 Å². The molecule has 0 bridgehead atoms. The van der Waals surface area contributed by atoms with Crippen molar-refractivity contribution in [2.45, 2.75) is 67.9 Å². The van der Waals surface area contributed by atoms with E-state index in [1.807, 2.05) is 24.3 Å². The van der Waals surface area contributed by atoms with Crippen molar-refractivity contribution >= 4 is 43.1 Å². The van der Waals surface area contributed by atoms with Gasteiger partial charge in [0.2, 0.25) is 10.0 Å². The molecule has 0 heterocycles. The van der Waals surface area contributed by atoms with Crippen molar-refractivity contribution in [3.63, 3.8) is 0 Å². The summed E-state index contributed by atoms with van der Waals surface area (Å²) in [5.74, 6) is 0.204. The zero-order valence-electron chi connectivity index (χ0n) is 19.1. The molecule has 186 valence electrons. The van der Waals surface area contributed by atoms with Crippen molar-refractivity contribution in [3.8, 4) is 0 Å². The molecule has 0 unspecified atom stereocenters. The lowest BCUT2D eigenvalue weighted by Gasteiger charge is -2.42. The number of benzene rings is 2. The lowest BCUT2D eigenvalue weighted by Crippen LogP contribution is -2.43. The van der Waals surface area contributed by atoms with Crippen molar-refractivity contribution in [3.05, 3.63) is 63.6 Å². The summed E-state index contributed by atoms with van der Waals surface area (Å²) >= 11 is 12.0. The van der Waals surface area contributed by atoms with E-state index in [1.54, 1.807) is 0 Å². The molecule has 0 atom stereocenters. The van der Waals surface area contributed by atoms with Crippen LogP contribution in [-0.4, -0.2) is 34.4 Å². The SMILES string of the molecule is O=S(=O)(NCC1(Cc2ccc(CCS(=O)(=O)C3CCCC3)cc2)CCC1)c1ccc(Cl)cc1Cl. The average molecular weight is 545 g/mol. The summed E-state index contributed by atoms with van der Waals surface area (Å²) in [6.45, 7) is 0.343. The lowest BCUT2D eigenvalue weighted by molar-refractivity contribution is 0.139. The fourth-order valence-corrected chi connectivity index (χ4v) is 8.88. The third-order valence-corrected chi connectivity index (χ3v) is 11.7. The Bertz CT molecular complexity index is 1220. The quantitative estimate of drug-likeness (QED) is 0.423. The minimum atomic E-state index is -3.74. The molecule has 34 heavy (non-hydrogen) atoms. The number of hydrogen-bond acceptors (Lipinski definition) is 4. The number of sulfone groups is 1. The molecule has 0 aliphatic heterocycles. The first-order valence-corrected chi connectivity index (χ1v) is 15.8. The average Bonchev–Trinajstić information content (AvgIpc) is 3.31. The van der Waals surface area contributed by atoms with Crippen LogP contribution >= 0.6 is 23.2 Å². The number of rotatable bonds is 10. The number of hydrogen-bond donors (Lipinski definition) is 1. The second-order valence-electron chi connectivity index (χ2n) is 9.77. The Morgan fingerprint density at radius 3 is 2.12 bits per heavy atom. The van der Waals surface area contributed by atoms with E-state index in [0.29, 0.717) is 18.0 Å². The Morgan fingerprint density at radius 1 is 0.882 bits per heavy atom. The van der Waals surface area contributed by atoms with Gasteiger partial charge >= 0.3 is 0 Å². The van der Waals surface area contributed by atoms with Crippen molar-refractivity contribution in [2.75, 3.05) is 12.3 Å². The summed E-state index contributed by atoms with van der Waals surface area (Å²) in [6.07, 6.45) is 7.91. The van der Waals surface area contributed by atoms with Crippen LogP contribution in [0.1, 0.15) is 56.1 Å². The van der Waals surface area contributed by atoms with Crippen LogP contribution in [0, 0.1) is 5.41 Å². The van der Waals surface area contributed by atoms with Gasteiger partial charge in [-0.1, -0.05) is 66.7 Å². The van der Waals surface area contributed by atoms with E-state index in [0.717, 1.165) is 62.5 Å². The summed E-state index contributed by atoms with van der Waals surface area (Å²) in [5.41, 5.74) is 2.02. The summed E-state index contributed by atoms with van der Waals surface area (Å²) in [7, 11) is -6.77. The Morgan fingerprint density at radius 2 is 1.53 bits per heavy atom. The van der Waals surface area contributed by atoms with E-state index in [2.05, 4.69) is 4.72 Å². The van der Waals surface area contributed by atoms with Crippen LogP contribution in [0.4, 0.5) is 0 Å². The minimum Gasteiger partial charge on any atom is -0.229 e. The van der Waals surface area contributed by atoms with Gasteiger partial charge in [0.15, 0.2) is 9.84 Å². The minimum absolute atomic E-state index is 0.0324. The van der Waals surface area contributed by atoms with E-state index < -0.39 is 19.9 Å². The van der Waals surface area contributed by atoms with Crippen LogP contribution in [0.25, 0.3) is 0 Å². The van der Waals surface area contributed by atoms with Gasteiger partial charge in [-0.2, -0.15) is 0 Å². The van der Waals surface area contributed by atoms with Gasteiger partial charge in [-0.05, 0) is 73.3 Å². The fourth-order valence-electron chi connectivity index (χ4n) is 5.04. The maximum absolute atomic E-state index is 12.8.